The number of nitrogen functional groups attached to an aromatic ring is 1. The monoisotopic (exact) mass is 285 g/mol. The number of rotatable bonds is 6. The second kappa shape index (κ2) is 6.17. The van der Waals surface area contributed by atoms with Crippen molar-refractivity contribution in [2.24, 2.45) is 0 Å². The van der Waals surface area contributed by atoms with Crippen LogP contribution in [0.5, 0.6) is 0 Å². The zero-order valence-corrected chi connectivity index (χ0v) is 11.9. The fourth-order valence-corrected chi connectivity index (χ4v) is 2.87. The van der Waals surface area contributed by atoms with Gasteiger partial charge >= 0.3 is 0 Å². The molecule has 0 fully saturated rings. The number of thiazole rings is 1. The quantitative estimate of drug-likeness (QED) is 0.635. The van der Waals surface area contributed by atoms with Crippen LogP contribution in [-0.4, -0.2) is 33.6 Å². The molecule has 0 saturated carbocycles. The maximum Gasteiger partial charge on any atom is 0.210 e. The minimum Gasteiger partial charge on any atom is -0.384 e. The zero-order valence-electron chi connectivity index (χ0n) is 10.3. The highest BCUT2D eigenvalue weighted by molar-refractivity contribution is 7.98. The van der Waals surface area contributed by atoms with Gasteiger partial charge in [-0.15, -0.1) is 21.5 Å². The molecule has 0 amide bonds. The lowest BCUT2D eigenvalue weighted by atomic mass is 10.4. The summed E-state index contributed by atoms with van der Waals surface area (Å²) in [5.74, 6) is 7.40. The Morgan fingerprint density at radius 3 is 3.00 bits per heavy atom. The Morgan fingerprint density at radius 2 is 2.33 bits per heavy atom. The van der Waals surface area contributed by atoms with Crippen LogP contribution in [0.4, 0.5) is 0 Å². The molecule has 8 heteroatoms. The van der Waals surface area contributed by atoms with Crippen LogP contribution in [0.1, 0.15) is 16.5 Å². The van der Waals surface area contributed by atoms with Gasteiger partial charge in [0, 0.05) is 24.7 Å². The first-order chi connectivity index (χ1) is 8.70. The van der Waals surface area contributed by atoms with E-state index >= 15 is 0 Å². The second-order valence-corrected chi connectivity index (χ2v) is 5.66. The third-order valence-electron chi connectivity index (χ3n) is 2.28. The molecule has 2 aromatic heterocycles. The van der Waals surface area contributed by atoms with Gasteiger partial charge in [0.2, 0.25) is 5.16 Å². The van der Waals surface area contributed by atoms with E-state index < -0.39 is 0 Å². The second-order valence-electron chi connectivity index (χ2n) is 3.66. The summed E-state index contributed by atoms with van der Waals surface area (Å²) in [6.07, 6.45) is 0.663. The van der Waals surface area contributed by atoms with Crippen LogP contribution in [0.2, 0.25) is 0 Å². The summed E-state index contributed by atoms with van der Waals surface area (Å²) in [6.45, 7) is 2.58. The summed E-state index contributed by atoms with van der Waals surface area (Å²) in [6, 6.07) is 0. The molecule has 0 aromatic carbocycles. The van der Waals surface area contributed by atoms with Gasteiger partial charge in [0.25, 0.3) is 0 Å². The van der Waals surface area contributed by atoms with E-state index in [1.165, 1.54) is 16.4 Å². The van der Waals surface area contributed by atoms with Crippen molar-refractivity contribution in [2.45, 2.75) is 24.3 Å². The molecule has 0 spiro atoms. The Balaban J connectivity index is 1.95. The largest absolute Gasteiger partial charge is 0.384 e. The SMILES string of the molecule is COCCc1nnc(SCc2csc(C)n2)n1N. The molecule has 2 aromatic rings. The molecule has 0 aliphatic rings. The number of methoxy groups -OCH3 is 1. The molecule has 0 bridgehead atoms. The van der Waals surface area contributed by atoms with Crippen LogP contribution in [0.25, 0.3) is 0 Å². The third-order valence-corrected chi connectivity index (χ3v) is 4.08. The molecule has 0 aliphatic heterocycles. The molecule has 0 unspecified atom stereocenters. The van der Waals surface area contributed by atoms with E-state index in [1.54, 1.807) is 18.4 Å². The Hall–Kier alpha value is -1.12. The Bertz CT molecular complexity index is 510. The predicted molar refractivity (Wildman–Crippen MR) is 72.2 cm³/mol. The van der Waals surface area contributed by atoms with E-state index in [-0.39, 0.29) is 0 Å². The molecule has 2 heterocycles. The number of aromatic nitrogens is 4. The third kappa shape index (κ3) is 3.21. The number of hydrogen-bond acceptors (Lipinski definition) is 7. The minimum atomic E-state index is 0.589. The van der Waals surface area contributed by atoms with E-state index in [1.807, 2.05) is 12.3 Å². The van der Waals surface area contributed by atoms with Crippen LogP contribution in [0, 0.1) is 6.92 Å². The summed E-state index contributed by atoms with van der Waals surface area (Å²) in [4.78, 5) is 4.39. The maximum atomic E-state index is 5.91. The van der Waals surface area contributed by atoms with Crippen molar-refractivity contribution in [1.82, 2.24) is 19.9 Å². The standard InChI is InChI=1S/C10H15N5OS2/c1-7-12-8(5-17-7)6-18-10-14-13-9(15(10)11)3-4-16-2/h5H,3-4,6,11H2,1-2H3. The van der Waals surface area contributed by atoms with Gasteiger partial charge in [-0.1, -0.05) is 11.8 Å². The lowest BCUT2D eigenvalue weighted by molar-refractivity contribution is 0.200. The van der Waals surface area contributed by atoms with Crippen molar-refractivity contribution >= 4 is 23.1 Å². The Labute approximate surface area is 114 Å². The molecule has 0 aliphatic carbocycles. The van der Waals surface area contributed by atoms with E-state index in [0.717, 1.165) is 22.3 Å². The first-order valence-electron chi connectivity index (χ1n) is 5.43. The molecule has 2 rings (SSSR count). The number of ether oxygens (including phenoxy) is 1. The number of hydrogen-bond donors (Lipinski definition) is 1. The Kier molecular flexibility index (Phi) is 4.56. The summed E-state index contributed by atoms with van der Waals surface area (Å²) >= 11 is 3.18. The molecule has 18 heavy (non-hydrogen) atoms. The molecule has 6 nitrogen and oxygen atoms in total. The van der Waals surface area contributed by atoms with Crippen LogP contribution in [0.3, 0.4) is 0 Å². The average Bonchev–Trinajstić information content (AvgIpc) is 2.92. The maximum absolute atomic E-state index is 5.91. The van der Waals surface area contributed by atoms with Gasteiger partial charge < -0.3 is 10.6 Å². The molecular formula is C10H15N5OS2. The number of nitrogens with two attached hydrogens (primary N) is 1. The highest BCUT2D eigenvalue weighted by Crippen LogP contribution is 2.21. The topological polar surface area (TPSA) is 78.9 Å². The van der Waals surface area contributed by atoms with Crippen LogP contribution in [-0.2, 0) is 16.9 Å². The zero-order chi connectivity index (χ0) is 13.0. The summed E-state index contributed by atoms with van der Waals surface area (Å²) in [5, 5.41) is 11.9. The predicted octanol–water partition coefficient (Wildman–Crippen LogP) is 1.24. The molecule has 0 saturated heterocycles. The van der Waals surface area contributed by atoms with Crippen molar-refractivity contribution in [2.75, 3.05) is 19.6 Å². The van der Waals surface area contributed by atoms with Crippen LogP contribution >= 0.6 is 23.1 Å². The molecule has 0 radical (unpaired) electrons. The fourth-order valence-electron chi connectivity index (χ4n) is 1.38. The van der Waals surface area contributed by atoms with E-state index in [4.69, 9.17) is 10.6 Å². The Morgan fingerprint density at radius 1 is 1.50 bits per heavy atom. The van der Waals surface area contributed by atoms with Crippen LogP contribution < -0.4 is 5.84 Å². The van der Waals surface area contributed by atoms with Gasteiger partial charge in [0.1, 0.15) is 0 Å². The van der Waals surface area contributed by atoms with Crippen molar-refractivity contribution in [1.29, 1.82) is 0 Å². The first kappa shape index (κ1) is 13.3. The smallest absolute Gasteiger partial charge is 0.210 e. The highest BCUT2D eigenvalue weighted by Gasteiger charge is 2.10. The van der Waals surface area contributed by atoms with Crippen molar-refractivity contribution in [3.63, 3.8) is 0 Å². The van der Waals surface area contributed by atoms with Crippen molar-refractivity contribution in [3.8, 4) is 0 Å². The molecule has 0 atom stereocenters. The van der Waals surface area contributed by atoms with E-state index in [9.17, 15) is 0 Å². The molecule has 98 valence electrons. The van der Waals surface area contributed by atoms with Crippen molar-refractivity contribution in [3.05, 3.63) is 21.9 Å². The highest BCUT2D eigenvalue weighted by atomic mass is 32.2. The first-order valence-corrected chi connectivity index (χ1v) is 7.29. The molecular weight excluding hydrogens is 270 g/mol. The normalized spacial score (nSPS) is 11.0. The summed E-state index contributed by atoms with van der Waals surface area (Å²) in [7, 11) is 1.65. The number of thioether (sulfide) groups is 1. The van der Waals surface area contributed by atoms with Crippen LogP contribution in [0.15, 0.2) is 10.5 Å². The van der Waals surface area contributed by atoms with Gasteiger partial charge in [-0.2, -0.15) is 0 Å². The van der Waals surface area contributed by atoms with Gasteiger partial charge in [0.05, 0.1) is 17.3 Å². The van der Waals surface area contributed by atoms with E-state index in [2.05, 4.69) is 15.2 Å². The molecule has 2 N–H and O–H groups in total. The van der Waals surface area contributed by atoms with Gasteiger partial charge in [-0.3, -0.25) is 0 Å². The lowest BCUT2D eigenvalue weighted by Crippen LogP contribution is -2.15. The fraction of sp³-hybridized carbons (Fsp3) is 0.500. The van der Waals surface area contributed by atoms with Crippen molar-refractivity contribution < 1.29 is 4.74 Å². The minimum absolute atomic E-state index is 0.589. The average molecular weight is 285 g/mol. The number of aryl methyl sites for hydroxylation is 1. The van der Waals surface area contributed by atoms with E-state index in [0.29, 0.717) is 18.2 Å². The van der Waals surface area contributed by atoms with Gasteiger partial charge in [0.15, 0.2) is 5.82 Å². The lowest BCUT2D eigenvalue weighted by Gasteiger charge is -2.02. The number of nitrogens with zero attached hydrogens (tertiary/aromatic N) is 4. The summed E-state index contributed by atoms with van der Waals surface area (Å²) in [5.41, 5.74) is 1.05. The van der Waals surface area contributed by atoms with Gasteiger partial charge in [-0.25, -0.2) is 9.66 Å². The summed E-state index contributed by atoms with van der Waals surface area (Å²) < 4.78 is 6.51. The van der Waals surface area contributed by atoms with Gasteiger partial charge in [-0.05, 0) is 6.92 Å².